The number of hydrogen-bond acceptors (Lipinski definition) is 4. The van der Waals surface area contributed by atoms with Gasteiger partial charge >= 0.3 is 0 Å². The summed E-state index contributed by atoms with van der Waals surface area (Å²) in [7, 11) is 1.59. The number of benzene rings is 2. The Labute approximate surface area is 120 Å². The first-order valence-corrected chi connectivity index (χ1v) is 6.34. The lowest BCUT2D eigenvalue weighted by molar-refractivity contribution is 0.415. The number of aromatic nitrogens is 1. The molecule has 0 radical (unpaired) electrons. The molecule has 0 saturated carbocycles. The van der Waals surface area contributed by atoms with E-state index in [-0.39, 0.29) is 11.6 Å². The van der Waals surface area contributed by atoms with Gasteiger partial charge in [-0.15, -0.1) is 0 Å². The van der Waals surface area contributed by atoms with E-state index < -0.39 is 0 Å². The quantitative estimate of drug-likeness (QED) is 0.796. The van der Waals surface area contributed by atoms with Crippen LogP contribution in [0.2, 0.25) is 0 Å². The van der Waals surface area contributed by atoms with Crippen LogP contribution in [0.3, 0.4) is 0 Å². The Morgan fingerprint density at radius 1 is 1.10 bits per heavy atom. The number of nitrogen functional groups attached to an aromatic ring is 1. The van der Waals surface area contributed by atoms with Crippen molar-refractivity contribution in [1.29, 1.82) is 0 Å². The second-order valence-corrected chi connectivity index (χ2v) is 4.51. The van der Waals surface area contributed by atoms with Gasteiger partial charge in [0.25, 0.3) is 0 Å². The molecule has 1 heterocycles. The van der Waals surface area contributed by atoms with Crippen LogP contribution in [0.25, 0.3) is 22.5 Å². The predicted molar refractivity (Wildman–Crippen MR) is 78.3 cm³/mol. The largest absolute Gasteiger partial charge is 0.497 e. The zero-order valence-corrected chi connectivity index (χ0v) is 11.3. The molecule has 2 aromatic carbocycles. The summed E-state index contributed by atoms with van der Waals surface area (Å²) >= 11 is 0. The van der Waals surface area contributed by atoms with Crippen molar-refractivity contribution in [3.8, 4) is 28.2 Å². The summed E-state index contributed by atoms with van der Waals surface area (Å²) in [5, 5.41) is 3.79. The number of methoxy groups -OCH3 is 1. The Balaban J connectivity index is 2.17. The van der Waals surface area contributed by atoms with Gasteiger partial charge in [-0.1, -0.05) is 29.4 Å². The standard InChI is InChI=1S/C16H13FN2O2/c1-20-13-7-3-4-10(9-13)14-15(21-19-16(14)18)11-5-2-6-12(17)8-11/h2-9H,1H3,(H2,18,19). The second-order valence-electron chi connectivity index (χ2n) is 4.51. The van der Waals surface area contributed by atoms with Gasteiger partial charge in [0.15, 0.2) is 11.6 Å². The number of nitrogens with two attached hydrogens (primary N) is 1. The van der Waals surface area contributed by atoms with Crippen molar-refractivity contribution in [2.75, 3.05) is 12.8 Å². The molecule has 0 fully saturated rings. The minimum absolute atomic E-state index is 0.252. The van der Waals surface area contributed by atoms with E-state index in [2.05, 4.69) is 5.16 Å². The van der Waals surface area contributed by atoms with Gasteiger partial charge in [0.1, 0.15) is 11.6 Å². The zero-order valence-electron chi connectivity index (χ0n) is 11.3. The topological polar surface area (TPSA) is 61.3 Å². The summed E-state index contributed by atoms with van der Waals surface area (Å²) in [6.07, 6.45) is 0. The molecule has 0 amide bonds. The Bertz CT molecular complexity index is 783. The van der Waals surface area contributed by atoms with E-state index in [0.29, 0.717) is 22.6 Å². The van der Waals surface area contributed by atoms with Crippen LogP contribution in [-0.4, -0.2) is 12.3 Å². The van der Waals surface area contributed by atoms with Crippen molar-refractivity contribution >= 4 is 5.82 Å². The molecule has 21 heavy (non-hydrogen) atoms. The molecule has 0 atom stereocenters. The van der Waals surface area contributed by atoms with Crippen molar-refractivity contribution in [2.24, 2.45) is 0 Å². The molecule has 5 heteroatoms. The molecule has 4 nitrogen and oxygen atoms in total. The molecule has 0 aliphatic carbocycles. The minimum atomic E-state index is -0.348. The van der Waals surface area contributed by atoms with Crippen LogP contribution in [-0.2, 0) is 0 Å². The van der Waals surface area contributed by atoms with E-state index in [9.17, 15) is 4.39 Å². The predicted octanol–water partition coefficient (Wildman–Crippen LogP) is 3.74. The Hall–Kier alpha value is -2.82. The average molecular weight is 284 g/mol. The fraction of sp³-hybridized carbons (Fsp3) is 0.0625. The number of hydrogen-bond donors (Lipinski definition) is 1. The summed E-state index contributed by atoms with van der Waals surface area (Å²) in [5.74, 6) is 1.03. The third-order valence-corrected chi connectivity index (χ3v) is 3.16. The van der Waals surface area contributed by atoms with Crippen LogP contribution in [0.15, 0.2) is 53.1 Å². The molecule has 0 aliphatic heterocycles. The summed E-state index contributed by atoms with van der Waals surface area (Å²) in [6, 6.07) is 13.5. The third-order valence-electron chi connectivity index (χ3n) is 3.16. The minimum Gasteiger partial charge on any atom is -0.497 e. The van der Waals surface area contributed by atoms with Crippen molar-refractivity contribution in [3.05, 3.63) is 54.3 Å². The monoisotopic (exact) mass is 284 g/mol. The Morgan fingerprint density at radius 2 is 1.86 bits per heavy atom. The molecule has 3 rings (SSSR count). The highest BCUT2D eigenvalue weighted by atomic mass is 19.1. The first kappa shape index (κ1) is 13.2. The highest BCUT2D eigenvalue weighted by molar-refractivity contribution is 5.86. The molecular weight excluding hydrogens is 271 g/mol. The van der Waals surface area contributed by atoms with Crippen LogP contribution in [0, 0.1) is 5.82 Å². The van der Waals surface area contributed by atoms with E-state index in [4.69, 9.17) is 15.0 Å². The molecule has 106 valence electrons. The molecule has 1 aromatic heterocycles. The molecule has 0 spiro atoms. The van der Waals surface area contributed by atoms with Crippen molar-refractivity contribution < 1.29 is 13.7 Å². The number of halogens is 1. The SMILES string of the molecule is COc1cccc(-c2c(N)noc2-c2cccc(F)c2)c1. The van der Waals surface area contributed by atoms with Crippen LogP contribution < -0.4 is 10.5 Å². The summed E-state index contributed by atoms with van der Waals surface area (Å²) in [5.41, 5.74) is 7.90. The lowest BCUT2D eigenvalue weighted by Crippen LogP contribution is -1.90. The van der Waals surface area contributed by atoms with E-state index in [1.165, 1.54) is 12.1 Å². The van der Waals surface area contributed by atoms with Gasteiger partial charge in [0.2, 0.25) is 0 Å². The Morgan fingerprint density at radius 3 is 2.62 bits per heavy atom. The van der Waals surface area contributed by atoms with Gasteiger partial charge < -0.3 is 15.0 Å². The molecule has 3 aromatic rings. The molecule has 2 N–H and O–H groups in total. The number of nitrogens with zero attached hydrogens (tertiary/aromatic N) is 1. The van der Waals surface area contributed by atoms with E-state index in [1.807, 2.05) is 24.3 Å². The maximum Gasteiger partial charge on any atom is 0.177 e. The molecular formula is C16H13FN2O2. The fourth-order valence-electron chi connectivity index (χ4n) is 2.19. The zero-order chi connectivity index (χ0) is 14.8. The van der Waals surface area contributed by atoms with Crippen molar-refractivity contribution in [1.82, 2.24) is 5.16 Å². The van der Waals surface area contributed by atoms with Gasteiger partial charge in [-0.05, 0) is 29.8 Å². The van der Waals surface area contributed by atoms with Crippen LogP contribution in [0.1, 0.15) is 0 Å². The van der Waals surface area contributed by atoms with Gasteiger partial charge in [-0.25, -0.2) is 4.39 Å². The highest BCUT2D eigenvalue weighted by Crippen LogP contribution is 2.37. The summed E-state index contributed by atoms with van der Waals surface area (Å²) in [6.45, 7) is 0. The highest BCUT2D eigenvalue weighted by Gasteiger charge is 2.18. The average Bonchev–Trinajstić information content (AvgIpc) is 2.89. The summed E-state index contributed by atoms with van der Waals surface area (Å²) < 4.78 is 23.9. The van der Waals surface area contributed by atoms with Crippen molar-refractivity contribution in [3.63, 3.8) is 0 Å². The number of rotatable bonds is 3. The maximum atomic E-state index is 13.4. The van der Waals surface area contributed by atoms with E-state index >= 15 is 0 Å². The van der Waals surface area contributed by atoms with Crippen LogP contribution >= 0.6 is 0 Å². The van der Waals surface area contributed by atoms with Gasteiger partial charge in [0.05, 0.1) is 12.7 Å². The molecule has 0 aliphatic rings. The maximum absolute atomic E-state index is 13.4. The smallest absolute Gasteiger partial charge is 0.177 e. The number of anilines is 1. The third kappa shape index (κ3) is 2.45. The van der Waals surface area contributed by atoms with Gasteiger partial charge in [-0.2, -0.15) is 0 Å². The second kappa shape index (κ2) is 5.28. The summed E-state index contributed by atoms with van der Waals surface area (Å²) in [4.78, 5) is 0. The molecule has 0 bridgehead atoms. The molecule has 0 unspecified atom stereocenters. The fourth-order valence-corrected chi connectivity index (χ4v) is 2.19. The Kier molecular flexibility index (Phi) is 3.31. The first-order valence-electron chi connectivity index (χ1n) is 6.34. The first-order chi connectivity index (χ1) is 10.2. The lowest BCUT2D eigenvalue weighted by atomic mass is 10.0. The normalized spacial score (nSPS) is 10.6. The van der Waals surface area contributed by atoms with E-state index in [0.717, 1.165) is 5.56 Å². The van der Waals surface area contributed by atoms with E-state index in [1.54, 1.807) is 19.2 Å². The van der Waals surface area contributed by atoms with Crippen LogP contribution in [0.4, 0.5) is 10.2 Å². The molecule has 0 saturated heterocycles. The van der Waals surface area contributed by atoms with Gasteiger partial charge in [-0.3, -0.25) is 0 Å². The lowest BCUT2D eigenvalue weighted by Gasteiger charge is -2.05. The van der Waals surface area contributed by atoms with Crippen molar-refractivity contribution in [2.45, 2.75) is 0 Å². The van der Waals surface area contributed by atoms with Gasteiger partial charge in [0, 0.05) is 5.56 Å². The van der Waals surface area contributed by atoms with Crippen LogP contribution in [0.5, 0.6) is 5.75 Å². The number of ether oxygens (including phenoxy) is 1.